The van der Waals surface area contributed by atoms with Crippen molar-refractivity contribution in [3.8, 4) is 28.6 Å². The average molecular weight is 640 g/mol. The van der Waals surface area contributed by atoms with Crippen LogP contribution in [0.15, 0.2) is 113 Å². The molecule has 0 atom stereocenters. The molecule has 0 bridgehead atoms. The molecule has 0 aliphatic carbocycles. The number of hydrogen-bond acceptors (Lipinski definition) is 8. The summed E-state index contributed by atoms with van der Waals surface area (Å²) < 4.78 is 41.9. The first-order chi connectivity index (χ1) is 21.8. The van der Waals surface area contributed by atoms with Gasteiger partial charge < -0.3 is 14.8 Å². The lowest BCUT2D eigenvalue weighted by Gasteiger charge is -2.15. The Morgan fingerprint density at radius 3 is 2.36 bits per heavy atom. The highest BCUT2D eigenvalue weighted by atomic mass is 32.2. The van der Waals surface area contributed by atoms with Crippen molar-refractivity contribution >= 4 is 44.3 Å². The quantitative estimate of drug-likeness (QED) is 0.177. The van der Waals surface area contributed by atoms with Crippen molar-refractivity contribution in [2.45, 2.75) is 17.0 Å². The van der Waals surface area contributed by atoms with Crippen molar-refractivity contribution in [1.82, 2.24) is 18.7 Å². The number of aromatic nitrogens is 4. The summed E-state index contributed by atoms with van der Waals surface area (Å²) in [6.45, 7) is 1.98. The molecule has 228 valence electrons. The van der Waals surface area contributed by atoms with E-state index in [4.69, 9.17) is 9.47 Å². The summed E-state index contributed by atoms with van der Waals surface area (Å²) in [7, 11) is -0.832. The van der Waals surface area contributed by atoms with Crippen LogP contribution in [0.25, 0.3) is 28.0 Å². The van der Waals surface area contributed by atoms with Crippen LogP contribution in [-0.4, -0.2) is 53.0 Å². The number of fused-ring (bicyclic) bond motifs is 1. The Bertz CT molecular complexity index is 2110. The molecule has 0 aliphatic heterocycles. The third-order valence-electron chi connectivity index (χ3n) is 7.15. The SMILES string of the molecule is COc1ccc(OC)c(-n2c(SCC(=O)Nc3ccc(C)cc3)nnc2-c2cn(S(=O)(=O)c3ccccc3)c3ccccc23)c1. The maximum atomic E-state index is 13.8. The van der Waals surface area contributed by atoms with Crippen molar-refractivity contribution in [2.24, 2.45) is 0 Å². The molecule has 2 heterocycles. The molecule has 0 saturated carbocycles. The van der Waals surface area contributed by atoms with Gasteiger partial charge in [-0.2, -0.15) is 0 Å². The maximum absolute atomic E-state index is 13.8. The fourth-order valence-corrected chi connectivity index (χ4v) is 7.06. The zero-order valence-electron chi connectivity index (χ0n) is 24.7. The number of carbonyl (C=O) groups is 1. The van der Waals surface area contributed by atoms with Gasteiger partial charge in [0.05, 0.1) is 36.1 Å². The molecule has 0 unspecified atom stereocenters. The number of thioether (sulfide) groups is 1. The Hall–Kier alpha value is -5.07. The average Bonchev–Trinajstić information content (AvgIpc) is 3.67. The number of nitrogens with one attached hydrogen (secondary N) is 1. The molecule has 1 N–H and O–H groups in total. The standard InChI is InChI=1S/C33H29N5O5S2/c1-22-13-15-23(16-14-22)34-31(39)21-44-33-36-35-32(38(33)29-19-24(42-2)17-18-30(29)43-3)27-20-37(28-12-8-7-11-26(27)28)45(40,41)25-9-5-4-6-10-25/h4-20H,21H2,1-3H3,(H,34,39). The minimum absolute atomic E-state index is 0.0441. The molecule has 0 fully saturated rings. The highest BCUT2D eigenvalue weighted by Crippen LogP contribution is 2.38. The van der Waals surface area contributed by atoms with Crippen LogP contribution in [0.1, 0.15) is 5.56 Å². The molecular formula is C33H29N5O5S2. The lowest BCUT2D eigenvalue weighted by Crippen LogP contribution is -2.14. The topological polar surface area (TPSA) is 117 Å². The number of para-hydroxylation sites is 1. The van der Waals surface area contributed by atoms with Crippen LogP contribution in [0.4, 0.5) is 5.69 Å². The molecule has 6 rings (SSSR count). The summed E-state index contributed by atoms with van der Waals surface area (Å²) >= 11 is 1.19. The van der Waals surface area contributed by atoms with E-state index in [0.29, 0.717) is 50.3 Å². The predicted molar refractivity (Wildman–Crippen MR) is 175 cm³/mol. The van der Waals surface area contributed by atoms with Gasteiger partial charge in [0.25, 0.3) is 10.0 Å². The molecule has 0 spiro atoms. The number of nitrogens with zero attached hydrogens (tertiary/aromatic N) is 4. The van der Waals surface area contributed by atoms with Gasteiger partial charge in [-0.1, -0.05) is 65.9 Å². The van der Waals surface area contributed by atoms with E-state index in [9.17, 15) is 13.2 Å². The van der Waals surface area contributed by atoms with Gasteiger partial charge in [-0.05, 0) is 49.4 Å². The molecule has 45 heavy (non-hydrogen) atoms. The van der Waals surface area contributed by atoms with E-state index in [1.807, 2.05) is 43.3 Å². The second kappa shape index (κ2) is 12.5. The van der Waals surface area contributed by atoms with Gasteiger partial charge in [-0.15, -0.1) is 10.2 Å². The van der Waals surface area contributed by atoms with E-state index in [-0.39, 0.29) is 16.6 Å². The van der Waals surface area contributed by atoms with Gasteiger partial charge in [0.15, 0.2) is 11.0 Å². The third kappa shape index (κ3) is 5.89. The number of aryl methyl sites for hydroxylation is 1. The molecule has 12 heteroatoms. The molecular weight excluding hydrogens is 611 g/mol. The maximum Gasteiger partial charge on any atom is 0.268 e. The summed E-state index contributed by atoms with van der Waals surface area (Å²) in [5.41, 5.74) is 3.35. The lowest BCUT2D eigenvalue weighted by molar-refractivity contribution is -0.113. The third-order valence-corrected chi connectivity index (χ3v) is 9.76. The highest BCUT2D eigenvalue weighted by Gasteiger charge is 2.27. The van der Waals surface area contributed by atoms with E-state index in [1.54, 1.807) is 85.6 Å². The number of anilines is 1. The fourth-order valence-electron chi connectivity index (χ4n) is 4.92. The normalized spacial score (nSPS) is 11.4. The first-order valence-corrected chi connectivity index (χ1v) is 16.3. The Kier molecular flexibility index (Phi) is 8.33. The fraction of sp³-hybridized carbons (Fsp3) is 0.121. The number of benzene rings is 4. The molecule has 1 amide bonds. The number of methoxy groups -OCH3 is 2. The van der Waals surface area contributed by atoms with E-state index in [0.717, 1.165) is 5.56 Å². The molecule has 0 saturated heterocycles. The monoisotopic (exact) mass is 639 g/mol. The van der Waals surface area contributed by atoms with E-state index in [2.05, 4.69) is 15.5 Å². The Balaban J connectivity index is 1.48. The van der Waals surface area contributed by atoms with Crippen molar-refractivity contribution in [3.05, 3.63) is 109 Å². The van der Waals surface area contributed by atoms with Crippen LogP contribution in [0.2, 0.25) is 0 Å². The van der Waals surface area contributed by atoms with Crippen molar-refractivity contribution in [1.29, 1.82) is 0 Å². The summed E-state index contributed by atoms with van der Waals surface area (Å²) in [6.07, 6.45) is 1.55. The second-order valence-electron chi connectivity index (χ2n) is 10.1. The van der Waals surface area contributed by atoms with Crippen LogP contribution < -0.4 is 14.8 Å². The van der Waals surface area contributed by atoms with Gasteiger partial charge in [-0.3, -0.25) is 9.36 Å². The Labute approximate surface area is 264 Å². The minimum Gasteiger partial charge on any atom is -0.497 e. The molecule has 4 aromatic carbocycles. The van der Waals surface area contributed by atoms with Crippen molar-refractivity contribution in [3.63, 3.8) is 0 Å². The van der Waals surface area contributed by atoms with Crippen LogP contribution in [0.5, 0.6) is 11.5 Å². The molecule has 0 aliphatic rings. The Morgan fingerprint density at radius 1 is 0.889 bits per heavy atom. The van der Waals surface area contributed by atoms with Gasteiger partial charge in [0, 0.05) is 28.9 Å². The first-order valence-electron chi connectivity index (χ1n) is 13.9. The zero-order chi connectivity index (χ0) is 31.6. The number of rotatable bonds is 10. The van der Waals surface area contributed by atoms with Gasteiger partial charge >= 0.3 is 0 Å². The highest BCUT2D eigenvalue weighted by molar-refractivity contribution is 7.99. The summed E-state index contributed by atoms with van der Waals surface area (Å²) in [4.78, 5) is 13.1. The zero-order valence-corrected chi connectivity index (χ0v) is 26.3. The van der Waals surface area contributed by atoms with E-state index < -0.39 is 10.0 Å². The molecule has 6 aromatic rings. The number of hydrogen-bond donors (Lipinski definition) is 1. The molecule has 0 radical (unpaired) electrons. The Morgan fingerprint density at radius 2 is 1.62 bits per heavy atom. The second-order valence-corrected chi connectivity index (χ2v) is 12.8. The minimum atomic E-state index is -3.94. The molecule has 10 nitrogen and oxygen atoms in total. The van der Waals surface area contributed by atoms with Crippen LogP contribution >= 0.6 is 11.8 Å². The van der Waals surface area contributed by atoms with Gasteiger partial charge in [-0.25, -0.2) is 12.4 Å². The van der Waals surface area contributed by atoms with Crippen LogP contribution in [-0.2, 0) is 14.8 Å². The predicted octanol–water partition coefficient (Wildman–Crippen LogP) is 6.18. The van der Waals surface area contributed by atoms with E-state index in [1.165, 1.54) is 15.7 Å². The van der Waals surface area contributed by atoms with Gasteiger partial charge in [0.2, 0.25) is 5.91 Å². The van der Waals surface area contributed by atoms with Crippen molar-refractivity contribution in [2.75, 3.05) is 25.3 Å². The number of carbonyl (C=O) groups excluding carboxylic acids is 1. The molecule has 2 aromatic heterocycles. The summed E-state index contributed by atoms with van der Waals surface area (Å²) in [5.74, 6) is 1.25. The van der Waals surface area contributed by atoms with Crippen LogP contribution in [0.3, 0.4) is 0 Å². The summed E-state index contributed by atoms with van der Waals surface area (Å²) in [5, 5.41) is 13.0. The largest absolute Gasteiger partial charge is 0.497 e. The van der Waals surface area contributed by atoms with Crippen LogP contribution in [0, 0.1) is 6.92 Å². The summed E-state index contributed by atoms with van der Waals surface area (Å²) in [6, 6.07) is 28.3. The first kappa shape index (κ1) is 30.0. The van der Waals surface area contributed by atoms with Gasteiger partial charge in [0.1, 0.15) is 11.5 Å². The smallest absolute Gasteiger partial charge is 0.268 e. The number of amides is 1. The number of ether oxygens (including phenoxy) is 2. The van der Waals surface area contributed by atoms with Crippen molar-refractivity contribution < 1.29 is 22.7 Å². The van der Waals surface area contributed by atoms with E-state index >= 15 is 0 Å². The lowest BCUT2D eigenvalue weighted by atomic mass is 10.1.